The van der Waals surface area contributed by atoms with Crippen LogP contribution in [0.1, 0.15) is 35.2 Å². The smallest absolute Gasteiger partial charge is 0.349 e. The average molecular weight is 254 g/mol. The van der Waals surface area contributed by atoms with E-state index in [9.17, 15) is 4.79 Å². The van der Waals surface area contributed by atoms with E-state index in [1.165, 1.54) is 11.1 Å². The third-order valence-electron chi connectivity index (χ3n) is 4.33. The van der Waals surface area contributed by atoms with E-state index in [0.29, 0.717) is 23.6 Å². The molecule has 4 rings (SSSR count). The Bertz CT molecular complexity index is 709. The Morgan fingerprint density at radius 3 is 2.89 bits per heavy atom. The van der Waals surface area contributed by atoms with Crippen molar-refractivity contribution in [3.05, 3.63) is 51.7 Å². The van der Waals surface area contributed by atoms with Gasteiger partial charge in [0.2, 0.25) is 5.95 Å². The quantitative estimate of drug-likeness (QED) is 0.800. The van der Waals surface area contributed by atoms with Crippen LogP contribution in [0.25, 0.3) is 0 Å². The number of H-pyrrole nitrogens is 1. The number of nitrogens with two attached hydrogens (primary N) is 1. The second-order valence-corrected chi connectivity index (χ2v) is 5.35. The summed E-state index contributed by atoms with van der Waals surface area (Å²) >= 11 is 0. The maximum absolute atomic E-state index is 11.4. The molecule has 2 aromatic rings. The van der Waals surface area contributed by atoms with Crippen LogP contribution < -0.4 is 11.4 Å². The van der Waals surface area contributed by atoms with E-state index in [0.717, 1.165) is 12.8 Å². The second kappa shape index (κ2) is 3.66. The monoisotopic (exact) mass is 254 g/mol. The van der Waals surface area contributed by atoms with Crippen molar-refractivity contribution in [2.24, 2.45) is 5.92 Å². The summed E-state index contributed by atoms with van der Waals surface area (Å²) in [6.45, 7) is 0. The van der Waals surface area contributed by atoms with Gasteiger partial charge in [-0.2, -0.15) is 9.97 Å². The van der Waals surface area contributed by atoms with Gasteiger partial charge in [-0.25, -0.2) is 4.79 Å². The average Bonchev–Trinajstić information content (AvgIpc) is 3.12. The number of anilines is 1. The Morgan fingerprint density at radius 2 is 2.05 bits per heavy atom. The van der Waals surface area contributed by atoms with Crippen LogP contribution in [0.2, 0.25) is 0 Å². The summed E-state index contributed by atoms with van der Waals surface area (Å²) in [4.78, 5) is 21.9. The Kier molecular flexibility index (Phi) is 2.07. The van der Waals surface area contributed by atoms with Gasteiger partial charge in [0, 0.05) is 5.92 Å². The largest absolute Gasteiger partial charge is 0.368 e. The summed E-state index contributed by atoms with van der Waals surface area (Å²) in [6, 6.07) is 8.54. The zero-order chi connectivity index (χ0) is 13.0. The molecule has 1 heterocycles. The van der Waals surface area contributed by atoms with Crippen LogP contribution in [-0.4, -0.2) is 15.0 Å². The third kappa shape index (κ3) is 1.58. The molecule has 1 aromatic heterocycles. The lowest BCUT2D eigenvalue weighted by Gasteiger charge is -2.13. The normalized spacial score (nSPS) is 27.5. The fourth-order valence-corrected chi connectivity index (χ4v) is 3.51. The molecule has 3 N–H and O–H groups in total. The first kappa shape index (κ1) is 10.7. The zero-order valence-electron chi connectivity index (χ0n) is 10.3. The van der Waals surface area contributed by atoms with Crippen molar-refractivity contribution in [1.82, 2.24) is 15.0 Å². The minimum atomic E-state index is -0.403. The molecule has 0 saturated heterocycles. The molecule has 0 bridgehead atoms. The molecule has 0 spiro atoms. The first-order chi connectivity index (χ1) is 9.24. The van der Waals surface area contributed by atoms with E-state index >= 15 is 0 Å². The molecule has 2 aliphatic carbocycles. The van der Waals surface area contributed by atoms with Crippen LogP contribution in [0.15, 0.2) is 29.1 Å². The molecule has 96 valence electrons. The Hall–Kier alpha value is -2.17. The van der Waals surface area contributed by atoms with Crippen LogP contribution in [-0.2, 0) is 6.42 Å². The number of nitrogens with zero attached hydrogens (tertiary/aromatic N) is 2. The fourth-order valence-electron chi connectivity index (χ4n) is 3.51. The number of fused-ring (bicyclic) bond motifs is 3. The van der Waals surface area contributed by atoms with Gasteiger partial charge in [0.25, 0.3) is 0 Å². The van der Waals surface area contributed by atoms with Crippen LogP contribution in [0, 0.1) is 5.92 Å². The van der Waals surface area contributed by atoms with Crippen molar-refractivity contribution < 1.29 is 0 Å². The zero-order valence-corrected chi connectivity index (χ0v) is 10.3. The van der Waals surface area contributed by atoms with Gasteiger partial charge in [-0.05, 0) is 35.8 Å². The Balaban J connectivity index is 1.76. The third-order valence-corrected chi connectivity index (χ3v) is 4.33. The van der Waals surface area contributed by atoms with Crippen molar-refractivity contribution >= 4 is 5.95 Å². The summed E-state index contributed by atoms with van der Waals surface area (Å²) < 4.78 is 0. The van der Waals surface area contributed by atoms with E-state index in [2.05, 4.69) is 39.2 Å². The van der Waals surface area contributed by atoms with Gasteiger partial charge in [-0.3, -0.25) is 4.98 Å². The number of aryl methyl sites for hydroxylation is 1. The number of hydrogen-bond donors (Lipinski definition) is 2. The topological polar surface area (TPSA) is 84.7 Å². The maximum atomic E-state index is 11.4. The lowest BCUT2D eigenvalue weighted by Crippen LogP contribution is -2.17. The number of aromatic amines is 1. The molecule has 5 nitrogen and oxygen atoms in total. The van der Waals surface area contributed by atoms with Gasteiger partial charge in [-0.1, -0.05) is 24.3 Å². The first-order valence-corrected chi connectivity index (χ1v) is 6.55. The SMILES string of the molecule is Nc1nc(C2C3CCc4ccccc4C32)[nH]c(=O)n1. The van der Waals surface area contributed by atoms with E-state index in [1.807, 2.05) is 0 Å². The minimum Gasteiger partial charge on any atom is -0.368 e. The van der Waals surface area contributed by atoms with Crippen molar-refractivity contribution in [1.29, 1.82) is 0 Å². The van der Waals surface area contributed by atoms with Gasteiger partial charge in [0.1, 0.15) is 5.82 Å². The number of hydrogen-bond acceptors (Lipinski definition) is 4. The van der Waals surface area contributed by atoms with E-state index < -0.39 is 5.69 Å². The Labute approximate surface area is 109 Å². The predicted octanol–water partition coefficient (Wildman–Crippen LogP) is 1.19. The number of nitrogens with one attached hydrogen (secondary N) is 1. The van der Waals surface area contributed by atoms with Crippen molar-refractivity contribution in [3.63, 3.8) is 0 Å². The highest BCUT2D eigenvalue weighted by Crippen LogP contribution is 2.64. The number of rotatable bonds is 1. The van der Waals surface area contributed by atoms with Crippen molar-refractivity contribution in [2.75, 3.05) is 5.73 Å². The number of nitrogen functional groups attached to an aromatic ring is 1. The molecule has 1 fully saturated rings. The minimum absolute atomic E-state index is 0.0654. The molecule has 3 unspecified atom stereocenters. The van der Waals surface area contributed by atoms with E-state index in [4.69, 9.17) is 5.73 Å². The van der Waals surface area contributed by atoms with Gasteiger partial charge < -0.3 is 5.73 Å². The predicted molar refractivity (Wildman–Crippen MR) is 70.8 cm³/mol. The highest BCUT2D eigenvalue weighted by molar-refractivity contribution is 5.43. The second-order valence-electron chi connectivity index (χ2n) is 5.35. The summed E-state index contributed by atoms with van der Waals surface area (Å²) in [6.07, 6.45) is 2.26. The van der Waals surface area contributed by atoms with Crippen LogP contribution in [0.3, 0.4) is 0 Å². The molecular formula is C14H14N4O. The molecule has 3 atom stereocenters. The lowest BCUT2D eigenvalue weighted by molar-refractivity contribution is 0.653. The molecule has 1 saturated carbocycles. The van der Waals surface area contributed by atoms with Crippen LogP contribution in [0.4, 0.5) is 5.95 Å². The van der Waals surface area contributed by atoms with Gasteiger partial charge in [0.05, 0.1) is 0 Å². The molecule has 0 radical (unpaired) electrons. The van der Waals surface area contributed by atoms with Gasteiger partial charge >= 0.3 is 5.69 Å². The molecule has 5 heteroatoms. The maximum Gasteiger partial charge on any atom is 0.349 e. The number of aromatic nitrogens is 3. The summed E-state index contributed by atoms with van der Waals surface area (Å²) in [5.41, 5.74) is 7.99. The van der Waals surface area contributed by atoms with Crippen LogP contribution >= 0.6 is 0 Å². The summed E-state index contributed by atoms with van der Waals surface area (Å²) in [5, 5.41) is 0. The van der Waals surface area contributed by atoms with Crippen molar-refractivity contribution in [3.8, 4) is 0 Å². The standard InChI is InChI=1S/C14H14N4O/c15-13-16-12(17-14(19)18-13)11-9-6-5-7-3-1-2-4-8(7)10(9)11/h1-4,9-11H,5-6H2,(H3,15,16,17,18,19). The molecule has 0 aliphatic heterocycles. The summed E-state index contributed by atoms with van der Waals surface area (Å²) in [5.74, 6) is 2.12. The molecular weight excluding hydrogens is 240 g/mol. The van der Waals surface area contributed by atoms with Gasteiger partial charge in [0.15, 0.2) is 0 Å². The summed E-state index contributed by atoms with van der Waals surface area (Å²) in [7, 11) is 0. The Morgan fingerprint density at radius 1 is 1.21 bits per heavy atom. The highest BCUT2D eigenvalue weighted by atomic mass is 16.1. The molecule has 0 amide bonds. The van der Waals surface area contributed by atoms with E-state index in [1.54, 1.807) is 0 Å². The van der Waals surface area contributed by atoms with Crippen LogP contribution in [0.5, 0.6) is 0 Å². The molecule has 19 heavy (non-hydrogen) atoms. The molecule has 1 aromatic carbocycles. The van der Waals surface area contributed by atoms with E-state index in [-0.39, 0.29) is 5.95 Å². The van der Waals surface area contributed by atoms with Gasteiger partial charge in [-0.15, -0.1) is 0 Å². The first-order valence-electron chi connectivity index (χ1n) is 6.55. The lowest BCUT2D eigenvalue weighted by atomic mass is 9.92. The highest BCUT2D eigenvalue weighted by Gasteiger charge is 2.55. The van der Waals surface area contributed by atoms with Crippen molar-refractivity contribution in [2.45, 2.75) is 24.7 Å². The number of benzene rings is 1. The fraction of sp³-hybridized carbons (Fsp3) is 0.357. The molecule has 2 aliphatic rings.